The summed E-state index contributed by atoms with van der Waals surface area (Å²) < 4.78 is 5.51. The second-order valence-corrected chi connectivity index (χ2v) is 8.48. The van der Waals surface area contributed by atoms with Crippen molar-refractivity contribution >= 4 is 29.5 Å². The van der Waals surface area contributed by atoms with E-state index in [2.05, 4.69) is 15.3 Å². The first-order valence-corrected chi connectivity index (χ1v) is 10.1. The van der Waals surface area contributed by atoms with Crippen molar-refractivity contribution in [3.63, 3.8) is 0 Å². The van der Waals surface area contributed by atoms with Gasteiger partial charge in [-0.25, -0.2) is 9.79 Å². The second-order valence-electron chi connectivity index (χ2n) is 8.48. The number of hydrogen-bond acceptors (Lipinski definition) is 6. The smallest absolute Gasteiger partial charge is 0.410 e. The lowest BCUT2D eigenvalue weighted by molar-refractivity contribution is -0.126. The fourth-order valence-electron chi connectivity index (χ4n) is 3.85. The van der Waals surface area contributed by atoms with E-state index >= 15 is 0 Å². The van der Waals surface area contributed by atoms with Crippen LogP contribution < -0.4 is 5.32 Å². The minimum atomic E-state index is -0.604. The number of para-hydroxylation sites is 1. The summed E-state index contributed by atoms with van der Waals surface area (Å²) >= 11 is 0. The van der Waals surface area contributed by atoms with Crippen molar-refractivity contribution in [1.29, 1.82) is 0 Å². The number of aliphatic imine (C=N–C) groups is 2. The zero-order chi connectivity index (χ0) is 20.6. The molecule has 3 aliphatic heterocycles. The van der Waals surface area contributed by atoms with Gasteiger partial charge in [0, 0.05) is 18.7 Å². The van der Waals surface area contributed by atoms with E-state index in [0.29, 0.717) is 32.0 Å². The number of hydrogen-bond donors (Lipinski definition) is 1. The molecule has 3 heterocycles. The summed E-state index contributed by atoms with van der Waals surface area (Å²) in [6.07, 6.45) is 1.91. The summed E-state index contributed by atoms with van der Waals surface area (Å²) in [6.45, 7) is 7.32. The molecule has 0 radical (unpaired) electrons. The first-order valence-electron chi connectivity index (χ1n) is 10.1. The van der Waals surface area contributed by atoms with Gasteiger partial charge in [0.15, 0.2) is 0 Å². The minimum absolute atomic E-state index is 0.236. The number of amidine groups is 1. The number of amides is 2. The van der Waals surface area contributed by atoms with Gasteiger partial charge in [-0.3, -0.25) is 24.9 Å². The number of likely N-dealkylation sites (tertiary alicyclic amines) is 1. The summed E-state index contributed by atoms with van der Waals surface area (Å²) in [6, 6.07) is 7.20. The fourth-order valence-corrected chi connectivity index (χ4v) is 3.85. The number of nitrogens with zero attached hydrogens (tertiary/aromatic N) is 4. The Morgan fingerprint density at radius 3 is 2.76 bits per heavy atom. The molecule has 0 aliphatic carbocycles. The van der Waals surface area contributed by atoms with Crippen molar-refractivity contribution in [3.05, 3.63) is 29.8 Å². The monoisotopic (exact) mass is 397 g/mol. The molecule has 1 fully saturated rings. The van der Waals surface area contributed by atoms with Crippen LogP contribution in [0.2, 0.25) is 0 Å². The van der Waals surface area contributed by atoms with Crippen molar-refractivity contribution in [2.75, 3.05) is 19.6 Å². The highest BCUT2D eigenvalue weighted by molar-refractivity contribution is 6.18. The van der Waals surface area contributed by atoms with Crippen LogP contribution in [0.5, 0.6) is 0 Å². The van der Waals surface area contributed by atoms with E-state index in [1.165, 1.54) is 0 Å². The number of carbonyl (C=O) groups excluding carboxylic acids is 2. The van der Waals surface area contributed by atoms with E-state index in [9.17, 15) is 9.59 Å². The molecule has 1 aromatic rings. The second kappa shape index (κ2) is 7.50. The molecule has 1 atom stereocenters. The molecule has 0 bridgehead atoms. The number of benzene rings is 1. The molecular formula is C21H27N5O3. The van der Waals surface area contributed by atoms with Crippen LogP contribution in [0.25, 0.3) is 0 Å². The normalized spacial score (nSPS) is 21.0. The Kier molecular flexibility index (Phi) is 5.02. The summed E-state index contributed by atoms with van der Waals surface area (Å²) in [5.74, 6) is 1.07. The number of rotatable bonds is 1. The summed E-state index contributed by atoms with van der Waals surface area (Å²) in [4.78, 5) is 38.5. The third-order valence-corrected chi connectivity index (χ3v) is 5.14. The molecule has 3 aliphatic rings. The lowest BCUT2D eigenvalue weighted by Crippen LogP contribution is -2.56. The molecule has 2 amide bonds. The molecule has 154 valence electrons. The lowest BCUT2D eigenvalue weighted by atomic mass is 10.0. The maximum Gasteiger partial charge on any atom is 0.410 e. The maximum absolute atomic E-state index is 13.1. The molecule has 29 heavy (non-hydrogen) atoms. The number of carbonyl (C=O) groups is 2. The van der Waals surface area contributed by atoms with Crippen molar-refractivity contribution in [2.24, 2.45) is 9.98 Å². The van der Waals surface area contributed by atoms with Gasteiger partial charge in [0.25, 0.3) is 0 Å². The molecular weight excluding hydrogens is 370 g/mol. The molecule has 4 rings (SSSR count). The average molecular weight is 397 g/mol. The number of nitrogens with one attached hydrogen (secondary N) is 1. The molecule has 1 unspecified atom stereocenters. The fraction of sp³-hybridized carbons (Fsp3) is 0.524. The molecule has 1 aromatic carbocycles. The highest BCUT2D eigenvalue weighted by atomic mass is 16.6. The third kappa shape index (κ3) is 3.97. The predicted molar refractivity (Wildman–Crippen MR) is 110 cm³/mol. The molecule has 8 nitrogen and oxygen atoms in total. The van der Waals surface area contributed by atoms with E-state index in [1.54, 1.807) is 4.90 Å². The highest BCUT2D eigenvalue weighted by Gasteiger charge is 2.37. The van der Waals surface area contributed by atoms with Crippen LogP contribution in [0.15, 0.2) is 34.3 Å². The van der Waals surface area contributed by atoms with Crippen LogP contribution in [-0.2, 0) is 9.53 Å². The van der Waals surface area contributed by atoms with Crippen molar-refractivity contribution in [1.82, 2.24) is 15.1 Å². The van der Waals surface area contributed by atoms with Crippen LogP contribution >= 0.6 is 0 Å². The maximum atomic E-state index is 13.1. The van der Waals surface area contributed by atoms with E-state index in [0.717, 1.165) is 29.9 Å². The summed E-state index contributed by atoms with van der Waals surface area (Å²) in [5, 5.41) is 2.96. The first-order chi connectivity index (χ1) is 13.8. The van der Waals surface area contributed by atoms with Gasteiger partial charge < -0.3 is 4.74 Å². The average Bonchev–Trinajstić information content (AvgIpc) is 3.17. The molecule has 0 aromatic heterocycles. The van der Waals surface area contributed by atoms with E-state index in [4.69, 9.17) is 4.74 Å². The zero-order valence-corrected chi connectivity index (χ0v) is 17.1. The lowest BCUT2D eigenvalue weighted by Gasteiger charge is -2.36. The third-order valence-electron chi connectivity index (χ3n) is 5.14. The number of guanidine groups is 1. The Hall–Kier alpha value is -2.90. The number of ether oxygens (including phenoxy) is 1. The van der Waals surface area contributed by atoms with E-state index < -0.39 is 17.7 Å². The van der Waals surface area contributed by atoms with E-state index in [-0.39, 0.29) is 5.91 Å². The molecule has 0 saturated carbocycles. The van der Waals surface area contributed by atoms with Crippen LogP contribution in [0, 0.1) is 0 Å². The first kappa shape index (κ1) is 19.4. The predicted octanol–water partition coefficient (Wildman–Crippen LogP) is 2.66. The van der Waals surface area contributed by atoms with Gasteiger partial charge in [-0.05, 0) is 52.2 Å². The highest BCUT2D eigenvalue weighted by Crippen LogP contribution is 2.28. The van der Waals surface area contributed by atoms with Gasteiger partial charge in [-0.15, -0.1) is 0 Å². The van der Waals surface area contributed by atoms with Gasteiger partial charge in [-0.1, -0.05) is 12.1 Å². The topological polar surface area (TPSA) is 86.6 Å². The Balaban J connectivity index is 1.54. The zero-order valence-electron chi connectivity index (χ0n) is 17.1. The van der Waals surface area contributed by atoms with Crippen molar-refractivity contribution < 1.29 is 14.3 Å². The standard InChI is InChI=1S/C21H27N5O3/c1-21(2,3)29-20(28)25-12-7-6-10-16(25)18(27)24-19-23-15-9-5-4-8-14(15)17-22-11-13-26(17)19/h4-5,8-9,16H,6-7,10-13H2,1-3H3,(H,23,24,27). The van der Waals surface area contributed by atoms with Crippen LogP contribution in [0.4, 0.5) is 10.5 Å². The summed E-state index contributed by atoms with van der Waals surface area (Å²) in [5.41, 5.74) is 1.15. The SMILES string of the molecule is CC(C)(C)OC(=O)N1CCCCC1C(=O)NC1=Nc2ccccc2C2=NCCN12. The van der Waals surface area contributed by atoms with Crippen LogP contribution in [0.3, 0.4) is 0 Å². The molecule has 0 spiro atoms. The largest absolute Gasteiger partial charge is 0.444 e. The van der Waals surface area contributed by atoms with Gasteiger partial charge >= 0.3 is 6.09 Å². The number of piperidine rings is 1. The Morgan fingerprint density at radius 2 is 1.97 bits per heavy atom. The summed E-state index contributed by atoms with van der Waals surface area (Å²) in [7, 11) is 0. The Morgan fingerprint density at radius 1 is 1.17 bits per heavy atom. The Labute approximate surface area is 170 Å². The number of fused-ring (bicyclic) bond motifs is 3. The van der Waals surface area contributed by atoms with Crippen molar-refractivity contribution in [3.8, 4) is 0 Å². The van der Waals surface area contributed by atoms with Crippen LogP contribution in [-0.4, -0.2) is 64.9 Å². The van der Waals surface area contributed by atoms with Gasteiger partial charge in [0.1, 0.15) is 17.5 Å². The molecule has 1 N–H and O–H groups in total. The molecule has 1 saturated heterocycles. The van der Waals surface area contributed by atoms with Gasteiger partial charge in [0.2, 0.25) is 11.9 Å². The van der Waals surface area contributed by atoms with E-state index in [1.807, 2.05) is 49.9 Å². The molecule has 8 heteroatoms. The van der Waals surface area contributed by atoms with Crippen LogP contribution in [0.1, 0.15) is 45.6 Å². The Bertz CT molecular complexity index is 887. The van der Waals surface area contributed by atoms with Crippen molar-refractivity contribution in [2.45, 2.75) is 51.7 Å². The van der Waals surface area contributed by atoms with Gasteiger partial charge in [0.05, 0.1) is 12.2 Å². The van der Waals surface area contributed by atoms with Gasteiger partial charge in [-0.2, -0.15) is 0 Å². The quantitative estimate of drug-likeness (QED) is 0.789. The minimum Gasteiger partial charge on any atom is -0.444 e.